The molecule has 0 saturated carbocycles. The van der Waals surface area contributed by atoms with Crippen LogP contribution in [-0.2, 0) is 4.79 Å². The lowest BCUT2D eigenvalue weighted by molar-refractivity contribution is -0.119. The molecule has 1 aromatic heterocycles. The predicted octanol–water partition coefficient (Wildman–Crippen LogP) is 1.80. The molecule has 0 aliphatic carbocycles. The van der Waals surface area contributed by atoms with E-state index in [9.17, 15) is 9.59 Å². The van der Waals surface area contributed by atoms with Gasteiger partial charge >= 0.3 is 0 Å². The maximum atomic E-state index is 11.6. The Kier molecular flexibility index (Phi) is 5.22. The smallest absolute Gasteiger partial charge is 0.293 e. The Balaban J connectivity index is 2.72. The van der Waals surface area contributed by atoms with E-state index < -0.39 is 15.6 Å². The number of imide groups is 1. The topological polar surface area (TPSA) is 74.9 Å². The van der Waals surface area contributed by atoms with E-state index in [1.165, 1.54) is 18.3 Å². The highest BCUT2D eigenvalue weighted by Gasteiger charge is 2.32. The summed E-state index contributed by atoms with van der Waals surface area (Å²) in [5.74, 6) is -1.61. The minimum absolute atomic E-state index is 0.0946. The van der Waals surface area contributed by atoms with Crippen molar-refractivity contribution in [2.24, 2.45) is 5.10 Å². The molecule has 9 heteroatoms. The highest BCUT2D eigenvalue weighted by Crippen LogP contribution is 2.25. The Morgan fingerprint density at radius 1 is 1.37 bits per heavy atom. The number of nitrogens with zero attached hydrogens (tertiary/aromatic N) is 2. The molecule has 19 heavy (non-hydrogen) atoms. The molecule has 0 bridgehead atoms. The molecule has 1 heterocycles. The fraction of sp³-hybridized carbons (Fsp3) is 0.300. The number of carbonyl (C=O) groups excluding carboxylic acids is 2. The average Bonchev–Trinajstić information content (AvgIpc) is 2.73. The largest absolute Gasteiger partial charge is 0.450 e. The quantitative estimate of drug-likeness (QED) is 0.522. The first kappa shape index (κ1) is 15.8. The predicted molar refractivity (Wildman–Crippen MR) is 72.8 cm³/mol. The van der Waals surface area contributed by atoms with Crippen molar-refractivity contribution in [1.29, 1.82) is 0 Å². The summed E-state index contributed by atoms with van der Waals surface area (Å²) in [7, 11) is 3.46. The van der Waals surface area contributed by atoms with Gasteiger partial charge in [-0.05, 0) is 12.1 Å². The fourth-order valence-corrected chi connectivity index (χ4v) is 1.09. The van der Waals surface area contributed by atoms with Crippen molar-refractivity contribution in [1.82, 2.24) is 10.3 Å². The molecule has 1 rings (SSSR count). The van der Waals surface area contributed by atoms with Gasteiger partial charge in [0.15, 0.2) is 5.76 Å². The fourth-order valence-electron chi connectivity index (χ4n) is 0.952. The molecule has 6 nitrogen and oxygen atoms in total. The third kappa shape index (κ3) is 5.10. The van der Waals surface area contributed by atoms with Crippen LogP contribution in [0.3, 0.4) is 0 Å². The molecule has 104 valence electrons. The molecule has 0 atom stereocenters. The zero-order valence-electron chi connectivity index (χ0n) is 9.99. The van der Waals surface area contributed by atoms with Crippen molar-refractivity contribution in [3.8, 4) is 0 Å². The first-order chi connectivity index (χ1) is 8.70. The minimum atomic E-state index is -2.21. The van der Waals surface area contributed by atoms with Crippen LogP contribution in [-0.4, -0.2) is 40.9 Å². The molecule has 1 aromatic rings. The molecule has 0 aliphatic rings. The highest BCUT2D eigenvalue weighted by molar-refractivity contribution is 6.76. The molecule has 0 fully saturated rings. The first-order valence-electron chi connectivity index (χ1n) is 4.94. The lowest BCUT2D eigenvalue weighted by Crippen LogP contribution is -2.38. The van der Waals surface area contributed by atoms with Gasteiger partial charge in [0.05, 0.1) is 6.21 Å². The molecule has 0 aliphatic heterocycles. The van der Waals surface area contributed by atoms with E-state index in [0.29, 0.717) is 5.76 Å². The summed E-state index contributed by atoms with van der Waals surface area (Å²) in [6, 6.07) is 2.89. The summed E-state index contributed by atoms with van der Waals surface area (Å²) in [6.07, 6.45) is 1.41. The van der Waals surface area contributed by atoms with E-state index in [1.807, 2.05) is 5.32 Å². The number of hydrogen-bond acceptors (Lipinski definition) is 5. The number of carbonyl (C=O) groups is 2. The third-order valence-corrected chi connectivity index (χ3v) is 2.27. The van der Waals surface area contributed by atoms with Crippen LogP contribution in [0, 0.1) is 0 Å². The number of hydrogen-bond donors (Lipinski definition) is 1. The molecule has 0 unspecified atom stereocenters. The van der Waals surface area contributed by atoms with Crippen LogP contribution in [0.25, 0.3) is 0 Å². The number of rotatable bonds is 3. The second kappa shape index (κ2) is 6.27. The Labute approximate surface area is 124 Å². The van der Waals surface area contributed by atoms with Crippen LogP contribution in [0.1, 0.15) is 16.3 Å². The van der Waals surface area contributed by atoms with E-state index in [-0.39, 0.29) is 5.76 Å². The summed E-state index contributed by atoms with van der Waals surface area (Å²) in [5.41, 5.74) is 0. The molecule has 1 N–H and O–H groups in total. The van der Waals surface area contributed by atoms with Crippen LogP contribution in [0.5, 0.6) is 0 Å². The lowest BCUT2D eigenvalue weighted by Gasteiger charge is -2.08. The molecule has 2 amide bonds. The van der Waals surface area contributed by atoms with Crippen molar-refractivity contribution < 1.29 is 14.0 Å². The van der Waals surface area contributed by atoms with Crippen molar-refractivity contribution in [2.45, 2.75) is 3.79 Å². The number of nitrogens with one attached hydrogen (secondary N) is 1. The minimum Gasteiger partial charge on any atom is -0.450 e. The van der Waals surface area contributed by atoms with Crippen LogP contribution in [0.2, 0.25) is 0 Å². The zero-order chi connectivity index (χ0) is 14.6. The van der Waals surface area contributed by atoms with Crippen molar-refractivity contribution >= 4 is 52.8 Å². The third-order valence-electron chi connectivity index (χ3n) is 1.75. The average molecular weight is 327 g/mol. The Hall–Kier alpha value is -1.24. The number of alkyl halides is 3. The van der Waals surface area contributed by atoms with Crippen LogP contribution in [0.15, 0.2) is 21.7 Å². The van der Waals surface area contributed by atoms with E-state index in [2.05, 4.69) is 5.10 Å². The summed E-state index contributed by atoms with van der Waals surface area (Å²) >= 11 is 15.9. The molecule has 0 radical (unpaired) electrons. The van der Waals surface area contributed by atoms with Gasteiger partial charge in [-0.15, -0.1) is 0 Å². The zero-order valence-corrected chi connectivity index (χ0v) is 12.3. The summed E-state index contributed by atoms with van der Waals surface area (Å²) in [5, 5.41) is 7.36. The lowest BCUT2D eigenvalue weighted by atomic mass is 10.4. The second-order valence-corrected chi connectivity index (χ2v) is 5.86. The SMILES string of the molecule is CN(C)N=Cc1ccc(C(=O)NC(=O)C(Cl)(Cl)Cl)o1. The molecular weight excluding hydrogens is 316 g/mol. The summed E-state index contributed by atoms with van der Waals surface area (Å²) in [6.45, 7) is 0. The van der Waals surface area contributed by atoms with Gasteiger partial charge in [-0.2, -0.15) is 5.10 Å². The highest BCUT2D eigenvalue weighted by atomic mass is 35.6. The first-order valence-corrected chi connectivity index (χ1v) is 6.07. The summed E-state index contributed by atoms with van der Waals surface area (Å²) < 4.78 is 2.93. The van der Waals surface area contributed by atoms with Gasteiger partial charge in [0.25, 0.3) is 15.6 Å². The molecule has 0 saturated heterocycles. The van der Waals surface area contributed by atoms with Crippen molar-refractivity contribution in [3.05, 3.63) is 23.7 Å². The van der Waals surface area contributed by atoms with Crippen LogP contribution in [0.4, 0.5) is 0 Å². The van der Waals surface area contributed by atoms with Gasteiger partial charge in [0, 0.05) is 14.1 Å². The van der Waals surface area contributed by atoms with Crippen molar-refractivity contribution in [3.63, 3.8) is 0 Å². The van der Waals surface area contributed by atoms with Crippen molar-refractivity contribution in [2.75, 3.05) is 14.1 Å². The van der Waals surface area contributed by atoms with Gasteiger partial charge in [-0.1, -0.05) is 34.8 Å². The van der Waals surface area contributed by atoms with Gasteiger partial charge < -0.3 is 9.43 Å². The molecule has 0 aromatic carbocycles. The van der Waals surface area contributed by atoms with E-state index in [1.54, 1.807) is 19.1 Å². The number of furan rings is 1. The van der Waals surface area contributed by atoms with E-state index >= 15 is 0 Å². The van der Waals surface area contributed by atoms with Crippen LogP contribution >= 0.6 is 34.8 Å². The Morgan fingerprint density at radius 3 is 2.53 bits per heavy atom. The maximum absolute atomic E-state index is 11.6. The van der Waals surface area contributed by atoms with E-state index in [0.717, 1.165) is 0 Å². The normalized spacial score (nSPS) is 11.6. The second-order valence-electron chi connectivity index (χ2n) is 3.57. The summed E-state index contributed by atoms with van der Waals surface area (Å²) in [4.78, 5) is 22.9. The Bertz CT molecular complexity index is 506. The van der Waals surface area contributed by atoms with Crippen LogP contribution < -0.4 is 5.32 Å². The monoisotopic (exact) mass is 325 g/mol. The molecule has 0 spiro atoms. The van der Waals surface area contributed by atoms with Gasteiger partial charge in [0.2, 0.25) is 0 Å². The molecular formula is C10H10Cl3N3O3. The number of hydrazone groups is 1. The van der Waals surface area contributed by atoms with Gasteiger partial charge in [0.1, 0.15) is 5.76 Å². The van der Waals surface area contributed by atoms with E-state index in [4.69, 9.17) is 39.2 Å². The van der Waals surface area contributed by atoms with Gasteiger partial charge in [-0.3, -0.25) is 14.9 Å². The maximum Gasteiger partial charge on any atom is 0.293 e. The number of amides is 2. The Morgan fingerprint density at radius 2 is 2.00 bits per heavy atom. The van der Waals surface area contributed by atoms with Gasteiger partial charge in [-0.25, -0.2) is 0 Å². The standard InChI is InChI=1S/C10H10Cl3N3O3/c1-16(2)14-5-6-3-4-7(19-6)8(17)15-9(18)10(11,12)13/h3-5H,1-2H3,(H,15,17,18). The number of halogens is 3.